The maximum absolute atomic E-state index is 11.7. The molecule has 9 heteroatoms. The molecule has 0 unspecified atom stereocenters. The summed E-state index contributed by atoms with van der Waals surface area (Å²) >= 11 is 9.70. The van der Waals surface area contributed by atoms with Crippen molar-refractivity contribution in [1.29, 1.82) is 0 Å². The Balaban J connectivity index is 2.06. The fraction of sp³-hybridized carbons (Fsp3) is 0.188. The van der Waals surface area contributed by atoms with Crippen LogP contribution >= 0.6 is 27.5 Å². The van der Waals surface area contributed by atoms with E-state index in [0.29, 0.717) is 28.9 Å². The van der Waals surface area contributed by atoms with Gasteiger partial charge in [-0.3, -0.25) is 0 Å². The van der Waals surface area contributed by atoms with Crippen molar-refractivity contribution in [3.05, 3.63) is 45.1 Å². The molecule has 1 aromatic carbocycles. The summed E-state index contributed by atoms with van der Waals surface area (Å²) in [6, 6.07) is 5.12. The fourth-order valence-corrected chi connectivity index (χ4v) is 3.36. The van der Waals surface area contributed by atoms with Gasteiger partial charge in [0.05, 0.1) is 30.8 Å². The number of rotatable bonds is 4. The molecular weight excluding hydrogens is 412 g/mol. The van der Waals surface area contributed by atoms with E-state index < -0.39 is 5.97 Å². The highest BCUT2D eigenvalue weighted by Gasteiger charge is 2.16. The van der Waals surface area contributed by atoms with E-state index in [1.807, 2.05) is 10.8 Å². The topological polar surface area (TPSA) is 92.3 Å². The number of nitrogens with zero attached hydrogens (tertiary/aromatic N) is 3. The maximum Gasteiger partial charge on any atom is 0.337 e. The molecule has 0 bridgehead atoms. The van der Waals surface area contributed by atoms with Crippen LogP contribution in [0.3, 0.4) is 0 Å². The van der Waals surface area contributed by atoms with E-state index in [-0.39, 0.29) is 11.1 Å². The summed E-state index contributed by atoms with van der Waals surface area (Å²) in [6.07, 6.45) is 1.85. The van der Waals surface area contributed by atoms with Crippen molar-refractivity contribution >= 4 is 50.5 Å². The highest BCUT2D eigenvalue weighted by atomic mass is 79.9. The quantitative estimate of drug-likeness (QED) is 0.509. The molecule has 0 amide bonds. The van der Waals surface area contributed by atoms with Gasteiger partial charge in [0.15, 0.2) is 5.15 Å². The van der Waals surface area contributed by atoms with Gasteiger partial charge < -0.3 is 19.8 Å². The summed E-state index contributed by atoms with van der Waals surface area (Å²) in [5, 5.41) is 0.262. The van der Waals surface area contributed by atoms with Crippen LogP contribution in [0.15, 0.2) is 28.9 Å². The molecule has 0 atom stereocenters. The highest BCUT2D eigenvalue weighted by Crippen LogP contribution is 2.31. The van der Waals surface area contributed by atoms with Crippen LogP contribution in [-0.2, 0) is 11.3 Å². The first-order valence-corrected chi connectivity index (χ1v) is 8.34. The van der Waals surface area contributed by atoms with Crippen molar-refractivity contribution in [2.75, 3.05) is 20.0 Å². The zero-order valence-corrected chi connectivity index (χ0v) is 15.8. The first-order valence-electron chi connectivity index (χ1n) is 7.17. The number of fused-ring (bicyclic) bond motifs is 1. The Hall–Kier alpha value is -2.32. The fourth-order valence-electron chi connectivity index (χ4n) is 2.56. The van der Waals surface area contributed by atoms with E-state index in [0.717, 1.165) is 10.0 Å². The average Bonchev–Trinajstić information content (AvgIpc) is 2.90. The Morgan fingerprint density at radius 3 is 2.80 bits per heavy atom. The van der Waals surface area contributed by atoms with Crippen molar-refractivity contribution in [3.63, 3.8) is 0 Å². The number of nitrogens with two attached hydrogens (primary N) is 1. The molecule has 0 aliphatic heterocycles. The molecule has 0 saturated heterocycles. The molecule has 0 aliphatic rings. The van der Waals surface area contributed by atoms with Crippen LogP contribution < -0.4 is 10.5 Å². The molecule has 3 aromatic rings. The number of benzene rings is 1. The first kappa shape index (κ1) is 17.5. The third-order valence-electron chi connectivity index (χ3n) is 3.69. The standard InChI is InChI=1S/C16H14BrClN4O3/c1-24-11-5-8(15(23)25-2)3-4-9(11)6-22-7-10(17)12-13(22)14(18)21-16(19)20-12/h3-5,7H,6H2,1-2H3,(H2,19,20,21). The molecule has 2 aromatic heterocycles. The van der Waals surface area contributed by atoms with Gasteiger partial charge in [0, 0.05) is 11.8 Å². The van der Waals surface area contributed by atoms with Crippen molar-refractivity contribution in [2.45, 2.75) is 6.54 Å². The number of hydrogen-bond donors (Lipinski definition) is 1. The largest absolute Gasteiger partial charge is 0.496 e. The van der Waals surface area contributed by atoms with Crippen molar-refractivity contribution in [3.8, 4) is 5.75 Å². The van der Waals surface area contributed by atoms with E-state index in [1.54, 1.807) is 25.3 Å². The van der Waals surface area contributed by atoms with Gasteiger partial charge in [0.25, 0.3) is 0 Å². The van der Waals surface area contributed by atoms with Crippen molar-refractivity contribution < 1.29 is 14.3 Å². The summed E-state index contributed by atoms with van der Waals surface area (Å²) in [5.41, 5.74) is 8.21. The number of carbonyl (C=O) groups excluding carboxylic acids is 1. The Morgan fingerprint density at radius 1 is 1.36 bits per heavy atom. The second-order valence-electron chi connectivity index (χ2n) is 5.19. The molecule has 3 rings (SSSR count). The summed E-state index contributed by atoms with van der Waals surface area (Å²) in [7, 11) is 2.88. The van der Waals surface area contributed by atoms with Crippen molar-refractivity contribution in [2.24, 2.45) is 0 Å². The molecule has 0 aliphatic carbocycles. The van der Waals surface area contributed by atoms with Gasteiger partial charge >= 0.3 is 5.97 Å². The number of anilines is 1. The molecule has 0 fully saturated rings. The third-order valence-corrected chi connectivity index (χ3v) is 4.53. The van der Waals surface area contributed by atoms with Gasteiger partial charge in [-0.25, -0.2) is 9.78 Å². The monoisotopic (exact) mass is 424 g/mol. The minimum Gasteiger partial charge on any atom is -0.496 e. The van der Waals surface area contributed by atoms with E-state index in [2.05, 4.69) is 25.9 Å². The second-order valence-corrected chi connectivity index (χ2v) is 6.41. The highest BCUT2D eigenvalue weighted by molar-refractivity contribution is 9.10. The van der Waals surface area contributed by atoms with Gasteiger partial charge in [0.1, 0.15) is 16.8 Å². The van der Waals surface area contributed by atoms with E-state index in [9.17, 15) is 4.79 Å². The third kappa shape index (κ3) is 3.27. The van der Waals surface area contributed by atoms with E-state index in [4.69, 9.17) is 26.8 Å². The maximum atomic E-state index is 11.7. The lowest BCUT2D eigenvalue weighted by atomic mass is 10.1. The number of hydrogen-bond acceptors (Lipinski definition) is 6. The van der Waals surface area contributed by atoms with Crippen LogP contribution in [0, 0.1) is 0 Å². The normalized spacial score (nSPS) is 10.9. The van der Waals surface area contributed by atoms with Gasteiger partial charge in [-0.15, -0.1) is 0 Å². The van der Waals surface area contributed by atoms with Crippen LogP contribution in [0.1, 0.15) is 15.9 Å². The molecule has 0 saturated carbocycles. The van der Waals surface area contributed by atoms with Crippen LogP contribution in [0.5, 0.6) is 5.75 Å². The van der Waals surface area contributed by atoms with Crippen LogP contribution in [0.25, 0.3) is 11.0 Å². The number of halogens is 2. The minimum absolute atomic E-state index is 0.107. The first-order chi connectivity index (χ1) is 11.9. The predicted molar refractivity (Wildman–Crippen MR) is 98.1 cm³/mol. The number of ether oxygens (including phenoxy) is 2. The molecule has 25 heavy (non-hydrogen) atoms. The number of esters is 1. The van der Waals surface area contributed by atoms with Crippen LogP contribution in [0.2, 0.25) is 5.15 Å². The number of carbonyl (C=O) groups is 1. The molecule has 130 valence electrons. The average molecular weight is 426 g/mol. The summed E-state index contributed by atoms with van der Waals surface area (Å²) in [6.45, 7) is 0.444. The summed E-state index contributed by atoms with van der Waals surface area (Å²) in [4.78, 5) is 19.9. The Bertz CT molecular complexity index is 974. The van der Waals surface area contributed by atoms with Gasteiger partial charge in [-0.2, -0.15) is 4.98 Å². The Kier molecular flexibility index (Phi) is 4.82. The van der Waals surface area contributed by atoms with E-state index >= 15 is 0 Å². The molecule has 2 heterocycles. The lowest BCUT2D eigenvalue weighted by molar-refractivity contribution is 0.0600. The predicted octanol–water partition coefficient (Wildman–Crippen LogP) is 3.27. The van der Waals surface area contributed by atoms with Crippen molar-refractivity contribution in [1.82, 2.24) is 14.5 Å². The van der Waals surface area contributed by atoms with Crippen LogP contribution in [-0.4, -0.2) is 34.7 Å². The van der Waals surface area contributed by atoms with Gasteiger partial charge in [-0.1, -0.05) is 17.7 Å². The Labute approximate surface area is 156 Å². The summed E-state index contributed by atoms with van der Waals surface area (Å²) in [5.74, 6) is 0.246. The SMILES string of the molecule is COC(=O)c1ccc(Cn2cc(Br)c3nc(N)nc(Cl)c32)c(OC)c1. The number of methoxy groups -OCH3 is 2. The molecule has 0 radical (unpaired) electrons. The lowest BCUT2D eigenvalue weighted by Crippen LogP contribution is -2.05. The second kappa shape index (κ2) is 6.89. The lowest BCUT2D eigenvalue weighted by Gasteiger charge is -2.12. The number of aromatic nitrogens is 3. The van der Waals surface area contributed by atoms with Gasteiger partial charge in [-0.05, 0) is 28.1 Å². The zero-order valence-electron chi connectivity index (χ0n) is 13.4. The Morgan fingerprint density at radius 2 is 2.12 bits per heavy atom. The molecular formula is C16H14BrClN4O3. The minimum atomic E-state index is -0.425. The zero-order chi connectivity index (χ0) is 18.1. The van der Waals surface area contributed by atoms with Gasteiger partial charge in [0.2, 0.25) is 5.95 Å². The van der Waals surface area contributed by atoms with Crippen LogP contribution in [0.4, 0.5) is 5.95 Å². The van der Waals surface area contributed by atoms with E-state index in [1.165, 1.54) is 7.11 Å². The summed E-state index contributed by atoms with van der Waals surface area (Å²) < 4.78 is 12.8. The smallest absolute Gasteiger partial charge is 0.337 e. The molecule has 2 N–H and O–H groups in total. The number of nitrogen functional groups attached to an aromatic ring is 1. The molecule has 0 spiro atoms. The molecule has 7 nitrogen and oxygen atoms in total.